The summed E-state index contributed by atoms with van der Waals surface area (Å²) in [6, 6.07) is 13.9. The highest BCUT2D eigenvalue weighted by atomic mass is 32.1. The maximum absolute atomic E-state index is 5.83. The number of hydrogen-bond acceptors (Lipinski definition) is 6. The average molecular weight is 337 g/mol. The topological polar surface area (TPSA) is 61.0 Å². The zero-order chi connectivity index (χ0) is 16.4. The minimum absolute atomic E-state index is 0.281. The van der Waals surface area contributed by atoms with Crippen LogP contribution >= 0.6 is 11.3 Å². The summed E-state index contributed by atoms with van der Waals surface area (Å²) in [6.07, 6.45) is 2.51. The second-order valence-electron chi connectivity index (χ2n) is 5.30. The van der Waals surface area contributed by atoms with Crippen LogP contribution in [0.2, 0.25) is 0 Å². The normalized spacial score (nSPS) is 11.0. The molecule has 5 nitrogen and oxygen atoms in total. The molecule has 0 unspecified atom stereocenters. The molecular formula is C18H15N3O2S. The fourth-order valence-corrected chi connectivity index (χ4v) is 3.36. The van der Waals surface area contributed by atoms with Crippen LogP contribution in [0, 0.1) is 0 Å². The van der Waals surface area contributed by atoms with Gasteiger partial charge >= 0.3 is 0 Å². The van der Waals surface area contributed by atoms with E-state index in [0.29, 0.717) is 11.6 Å². The van der Waals surface area contributed by atoms with Crippen molar-refractivity contribution in [1.82, 2.24) is 15.1 Å². The number of thiophene rings is 1. The molecule has 24 heavy (non-hydrogen) atoms. The molecule has 3 aromatic heterocycles. The van der Waals surface area contributed by atoms with Crippen molar-refractivity contribution >= 4 is 21.6 Å². The number of aromatic nitrogens is 3. The van der Waals surface area contributed by atoms with Gasteiger partial charge in [-0.2, -0.15) is 0 Å². The highest BCUT2D eigenvalue weighted by molar-refractivity contribution is 7.18. The Morgan fingerprint density at radius 2 is 2.00 bits per heavy atom. The van der Waals surface area contributed by atoms with E-state index in [-0.39, 0.29) is 6.61 Å². The van der Waals surface area contributed by atoms with Crippen molar-refractivity contribution in [3.05, 3.63) is 59.4 Å². The molecular weight excluding hydrogens is 322 g/mol. The number of fused-ring (bicyclic) bond motifs is 1. The van der Waals surface area contributed by atoms with Gasteiger partial charge in [-0.15, -0.1) is 11.3 Å². The van der Waals surface area contributed by atoms with Crippen LogP contribution in [0.15, 0.2) is 53.3 Å². The third-order valence-electron chi connectivity index (χ3n) is 3.67. The van der Waals surface area contributed by atoms with E-state index in [4.69, 9.17) is 9.26 Å². The Balaban J connectivity index is 1.53. The van der Waals surface area contributed by atoms with Gasteiger partial charge in [0.15, 0.2) is 12.4 Å². The van der Waals surface area contributed by atoms with Gasteiger partial charge in [-0.05, 0) is 12.5 Å². The number of benzene rings is 1. The average Bonchev–Trinajstić information content (AvgIpc) is 3.27. The third kappa shape index (κ3) is 2.88. The van der Waals surface area contributed by atoms with Gasteiger partial charge in [-0.1, -0.05) is 42.4 Å². The molecule has 0 amide bonds. The summed E-state index contributed by atoms with van der Waals surface area (Å²) in [7, 11) is 0. The van der Waals surface area contributed by atoms with E-state index in [1.165, 1.54) is 11.2 Å². The summed E-state index contributed by atoms with van der Waals surface area (Å²) in [5.74, 6) is 1.24. The third-order valence-corrected chi connectivity index (χ3v) is 4.86. The maximum Gasteiger partial charge on any atom is 0.225 e. The van der Waals surface area contributed by atoms with Crippen molar-refractivity contribution in [2.24, 2.45) is 0 Å². The Morgan fingerprint density at radius 1 is 1.12 bits per heavy atom. The lowest BCUT2D eigenvalue weighted by atomic mass is 10.1. The summed E-state index contributed by atoms with van der Waals surface area (Å²) in [5.41, 5.74) is 1.81. The van der Waals surface area contributed by atoms with Gasteiger partial charge in [0.05, 0.1) is 5.39 Å². The molecule has 0 atom stereocenters. The van der Waals surface area contributed by atoms with E-state index in [2.05, 4.69) is 28.1 Å². The van der Waals surface area contributed by atoms with Crippen molar-refractivity contribution in [2.45, 2.75) is 20.0 Å². The second kappa shape index (κ2) is 6.41. The molecule has 0 radical (unpaired) electrons. The van der Waals surface area contributed by atoms with Crippen molar-refractivity contribution < 1.29 is 9.26 Å². The van der Waals surface area contributed by atoms with Crippen molar-refractivity contribution in [3.63, 3.8) is 0 Å². The molecule has 1 aromatic carbocycles. The van der Waals surface area contributed by atoms with E-state index in [9.17, 15) is 0 Å². The molecule has 4 rings (SSSR count). The SMILES string of the molecule is CCc1cc2c(OCc3cc(-c4ccccc4)no3)ncnc2s1. The number of hydrogen-bond donors (Lipinski definition) is 0. The molecule has 4 aromatic rings. The standard InChI is InChI=1S/C18H15N3O2S/c1-2-14-9-15-17(19-11-20-18(15)24-14)22-10-13-8-16(21-23-13)12-6-4-3-5-7-12/h3-9,11H,2,10H2,1H3. The molecule has 0 bridgehead atoms. The predicted octanol–water partition coefficient (Wildman–Crippen LogP) is 4.49. The molecule has 0 aliphatic carbocycles. The van der Waals surface area contributed by atoms with Gasteiger partial charge in [-0.3, -0.25) is 0 Å². The summed E-state index contributed by atoms with van der Waals surface area (Å²) >= 11 is 1.67. The molecule has 0 fully saturated rings. The van der Waals surface area contributed by atoms with Crippen LogP contribution in [-0.2, 0) is 13.0 Å². The molecule has 0 saturated carbocycles. The highest BCUT2D eigenvalue weighted by Crippen LogP contribution is 2.30. The van der Waals surface area contributed by atoms with E-state index < -0.39 is 0 Å². The largest absolute Gasteiger partial charge is 0.469 e. The van der Waals surface area contributed by atoms with Gasteiger partial charge in [0.1, 0.15) is 16.9 Å². The molecule has 6 heteroatoms. The minimum Gasteiger partial charge on any atom is -0.469 e. The minimum atomic E-state index is 0.281. The van der Waals surface area contributed by atoms with E-state index >= 15 is 0 Å². The quantitative estimate of drug-likeness (QED) is 0.537. The predicted molar refractivity (Wildman–Crippen MR) is 93.1 cm³/mol. The molecule has 0 aliphatic heterocycles. The molecule has 0 spiro atoms. The fourth-order valence-electron chi connectivity index (χ4n) is 2.44. The Hall–Kier alpha value is -2.73. The smallest absolute Gasteiger partial charge is 0.225 e. The Morgan fingerprint density at radius 3 is 2.83 bits per heavy atom. The summed E-state index contributed by atoms with van der Waals surface area (Å²) < 4.78 is 11.2. The lowest BCUT2D eigenvalue weighted by Crippen LogP contribution is -1.96. The van der Waals surface area contributed by atoms with Crippen LogP contribution in [0.4, 0.5) is 0 Å². The number of rotatable bonds is 5. The number of ether oxygens (including phenoxy) is 1. The fraction of sp³-hybridized carbons (Fsp3) is 0.167. The molecule has 120 valence electrons. The number of nitrogens with zero attached hydrogens (tertiary/aromatic N) is 3. The van der Waals surface area contributed by atoms with E-state index in [0.717, 1.165) is 27.9 Å². The molecule has 3 heterocycles. The maximum atomic E-state index is 5.83. The zero-order valence-electron chi connectivity index (χ0n) is 13.1. The van der Waals surface area contributed by atoms with Crippen molar-refractivity contribution in [1.29, 1.82) is 0 Å². The lowest BCUT2D eigenvalue weighted by molar-refractivity contribution is 0.244. The molecule has 0 N–H and O–H groups in total. The van der Waals surface area contributed by atoms with E-state index in [1.807, 2.05) is 36.4 Å². The first-order chi connectivity index (χ1) is 11.8. The summed E-state index contributed by atoms with van der Waals surface area (Å²) in [4.78, 5) is 10.8. The first-order valence-electron chi connectivity index (χ1n) is 7.70. The van der Waals surface area contributed by atoms with Gasteiger partial charge in [0, 0.05) is 16.5 Å². The van der Waals surface area contributed by atoms with Crippen LogP contribution in [-0.4, -0.2) is 15.1 Å². The zero-order valence-corrected chi connectivity index (χ0v) is 13.9. The van der Waals surface area contributed by atoms with Crippen LogP contribution in [0.5, 0.6) is 5.88 Å². The summed E-state index contributed by atoms with van der Waals surface area (Å²) in [6.45, 7) is 2.40. The first-order valence-corrected chi connectivity index (χ1v) is 8.52. The van der Waals surface area contributed by atoms with Gasteiger partial charge < -0.3 is 9.26 Å². The highest BCUT2D eigenvalue weighted by Gasteiger charge is 2.11. The van der Waals surface area contributed by atoms with Crippen LogP contribution in [0.1, 0.15) is 17.6 Å². The Kier molecular flexibility index (Phi) is 3.96. The Bertz CT molecular complexity index is 963. The monoisotopic (exact) mass is 337 g/mol. The first kappa shape index (κ1) is 14.8. The van der Waals surface area contributed by atoms with Crippen molar-refractivity contribution in [3.8, 4) is 17.1 Å². The van der Waals surface area contributed by atoms with Gasteiger partial charge in [-0.25, -0.2) is 9.97 Å². The second-order valence-corrected chi connectivity index (χ2v) is 6.41. The molecule has 0 saturated heterocycles. The van der Waals surface area contributed by atoms with Gasteiger partial charge in [0.2, 0.25) is 5.88 Å². The van der Waals surface area contributed by atoms with Crippen LogP contribution in [0.25, 0.3) is 21.5 Å². The van der Waals surface area contributed by atoms with Crippen molar-refractivity contribution in [2.75, 3.05) is 0 Å². The number of aryl methyl sites for hydroxylation is 1. The lowest BCUT2D eigenvalue weighted by Gasteiger charge is -2.02. The van der Waals surface area contributed by atoms with Gasteiger partial charge in [0.25, 0.3) is 0 Å². The summed E-state index contributed by atoms with van der Waals surface area (Å²) in [5, 5.41) is 5.04. The van der Waals surface area contributed by atoms with E-state index in [1.54, 1.807) is 11.3 Å². The Labute approximate surface area is 142 Å². The van der Waals surface area contributed by atoms with Crippen LogP contribution < -0.4 is 4.74 Å². The molecule has 0 aliphatic rings. The van der Waals surface area contributed by atoms with Crippen LogP contribution in [0.3, 0.4) is 0 Å².